The molecule has 0 saturated carbocycles. The lowest BCUT2D eigenvalue weighted by molar-refractivity contribution is -0.141. The number of alkyl halides is 3. The predicted octanol–water partition coefficient (Wildman–Crippen LogP) is 3.74. The molecular weight excluding hydrogens is 407 g/mol. The number of nitrogens with one attached hydrogen (secondary N) is 1. The smallest absolute Gasteiger partial charge is 0.392 e. The van der Waals surface area contributed by atoms with E-state index in [9.17, 15) is 18.3 Å². The summed E-state index contributed by atoms with van der Waals surface area (Å²) in [6, 6.07) is 11.8. The molecule has 9 heteroatoms. The van der Waals surface area contributed by atoms with Gasteiger partial charge in [-0.25, -0.2) is 9.97 Å². The Balaban J connectivity index is 1.56. The molecule has 2 N–H and O–H groups in total. The van der Waals surface area contributed by atoms with Crippen LogP contribution in [0.5, 0.6) is 0 Å². The van der Waals surface area contributed by atoms with Crippen molar-refractivity contribution in [1.82, 2.24) is 19.9 Å². The minimum Gasteiger partial charge on any atom is -0.392 e. The summed E-state index contributed by atoms with van der Waals surface area (Å²) < 4.78 is 40.2. The van der Waals surface area contributed by atoms with Gasteiger partial charge in [-0.15, -0.1) is 0 Å². The van der Waals surface area contributed by atoms with E-state index in [0.29, 0.717) is 25.2 Å². The number of nitrogens with zero attached hydrogens (tertiary/aromatic N) is 4. The average molecular weight is 429 g/mol. The molecule has 1 aromatic carbocycles. The van der Waals surface area contributed by atoms with Gasteiger partial charge in [0.15, 0.2) is 11.5 Å². The maximum absolute atomic E-state index is 13.4. The summed E-state index contributed by atoms with van der Waals surface area (Å²) in [5.41, 5.74) is 1.47. The van der Waals surface area contributed by atoms with E-state index in [4.69, 9.17) is 0 Å². The molecular formula is C22H22F3N5O. The topological polar surface area (TPSA) is 74.2 Å². The van der Waals surface area contributed by atoms with E-state index in [1.54, 1.807) is 12.1 Å². The first kappa shape index (κ1) is 21.2. The van der Waals surface area contributed by atoms with Gasteiger partial charge in [0.05, 0.1) is 6.10 Å². The van der Waals surface area contributed by atoms with Crippen molar-refractivity contribution in [3.05, 3.63) is 71.7 Å². The van der Waals surface area contributed by atoms with Crippen LogP contribution in [0.3, 0.4) is 0 Å². The molecule has 0 bridgehead atoms. The largest absolute Gasteiger partial charge is 0.433 e. The zero-order valence-electron chi connectivity index (χ0n) is 16.7. The molecule has 3 heterocycles. The van der Waals surface area contributed by atoms with Crippen LogP contribution in [0.25, 0.3) is 11.4 Å². The summed E-state index contributed by atoms with van der Waals surface area (Å²) in [6.45, 7) is 2.43. The van der Waals surface area contributed by atoms with Crippen LogP contribution in [0.15, 0.2) is 54.9 Å². The predicted molar refractivity (Wildman–Crippen MR) is 110 cm³/mol. The lowest BCUT2D eigenvalue weighted by Gasteiger charge is -2.18. The second-order valence-corrected chi connectivity index (χ2v) is 7.50. The highest BCUT2D eigenvalue weighted by Crippen LogP contribution is 2.31. The molecule has 1 atom stereocenters. The molecule has 1 saturated heterocycles. The summed E-state index contributed by atoms with van der Waals surface area (Å²) in [5.74, 6) is 0.0830. The molecule has 1 unspecified atom stereocenters. The third kappa shape index (κ3) is 5.36. The summed E-state index contributed by atoms with van der Waals surface area (Å²) >= 11 is 0. The van der Waals surface area contributed by atoms with Gasteiger partial charge in [0.2, 0.25) is 0 Å². The van der Waals surface area contributed by atoms with Gasteiger partial charge >= 0.3 is 6.18 Å². The van der Waals surface area contributed by atoms with Gasteiger partial charge in [-0.3, -0.25) is 9.88 Å². The van der Waals surface area contributed by atoms with Crippen molar-refractivity contribution < 1.29 is 18.3 Å². The van der Waals surface area contributed by atoms with E-state index in [-0.39, 0.29) is 17.7 Å². The maximum atomic E-state index is 13.4. The quantitative estimate of drug-likeness (QED) is 0.622. The molecule has 31 heavy (non-hydrogen) atoms. The molecule has 1 fully saturated rings. The van der Waals surface area contributed by atoms with Crippen LogP contribution in [-0.2, 0) is 19.3 Å². The fourth-order valence-corrected chi connectivity index (χ4v) is 3.58. The maximum Gasteiger partial charge on any atom is 0.433 e. The van der Waals surface area contributed by atoms with Crippen molar-refractivity contribution in [3.8, 4) is 11.4 Å². The van der Waals surface area contributed by atoms with Gasteiger partial charge in [-0.05, 0) is 29.7 Å². The van der Waals surface area contributed by atoms with Crippen molar-refractivity contribution >= 4 is 5.82 Å². The first-order chi connectivity index (χ1) is 14.9. The number of aliphatic hydroxyl groups excluding tert-OH is 1. The number of likely N-dealkylation sites (tertiary alicyclic amines) is 1. The fourth-order valence-electron chi connectivity index (χ4n) is 3.58. The zero-order valence-corrected chi connectivity index (χ0v) is 16.7. The number of hydrogen-bond donors (Lipinski definition) is 2. The normalized spacial score (nSPS) is 17.1. The Hall–Kier alpha value is -3.04. The number of pyridine rings is 1. The Morgan fingerprint density at radius 2 is 1.81 bits per heavy atom. The lowest BCUT2D eigenvalue weighted by Crippen LogP contribution is -2.22. The molecule has 6 nitrogen and oxygen atoms in total. The summed E-state index contributed by atoms with van der Waals surface area (Å²) in [4.78, 5) is 14.0. The Bertz CT molecular complexity index is 1030. The van der Waals surface area contributed by atoms with E-state index in [2.05, 4.69) is 25.2 Å². The molecule has 1 aliphatic heterocycles. The number of aliphatic hydroxyl groups is 1. The lowest BCUT2D eigenvalue weighted by atomic mass is 10.1. The first-order valence-corrected chi connectivity index (χ1v) is 9.96. The van der Waals surface area contributed by atoms with E-state index < -0.39 is 11.9 Å². The van der Waals surface area contributed by atoms with E-state index in [1.165, 1.54) is 12.4 Å². The Kier molecular flexibility index (Phi) is 6.15. The molecule has 162 valence electrons. The van der Waals surface area contributed by atoms with Gasteiger partial charge in [-0.1, -0.05) is 24.3 Å². The third-order valence-corrected chi connectivity index (χ3v) is 5.17. The van der Waals surface area contributed by atoms with Crippen molar-refractivity contribution in [2.75, 3.05) is 18.4 Å². The zero-order chi connectivity index (χ0) is 21.8. The van der Waals surface area contributed by atoms with Gasteiger partial charge in [0.1, 0.15) is 5.82 Å². The summed E-state index contributed by atoms with van der Waals surface area (Å²) in [6.07, 6.45) is -1.18. The van der Waals surface area contributed by atoms with E-state index in [0.717, 1.165) is 30.2 Å². The highest BCUT2D eigenvalue weighted by Gasteiger charge is 2.34. The van der Waals surface area contributed by atoms with Crippen LogP contribution in [0, 0.1) is 0 Å². The fraction of sp³-hybridized carbons (Fsp3) is 0.318. The van der Waals surface area contributed by atoms with Gasteiger partial charge in [0.25, 0.3) is 0 Å². The summed E-state index contributed by atoms with van der Waals surface area (Å²) in [5, 5.41) is 12.8. The van der Waals surface area contributed by atoms with Crippen molar-refractivity contribution in [1.29, 1.82) is 0 Å². The monoisotopic (exact) mass is 429 g/mol. The highest BCUT2D eigenvalue weighted by molar-refractivity contribution is 5.57. The Labute approximate surface area is 177 Å². The number of rotatable bonds is 6. The first-order valence-electron chi connectivity index (χ1n) is 9.96. The summed E-state index contributed by atoms with van der Waals surface area (Å²) in [7, 11) is 0. The van der Waals surface area contributed by atoms with Crippen LogP contribution in [0.1, 0.15) is 23.2 Å². The number of aromatic nitrogens is 3. The molecule has 3 aromatic rings. The van der Waals surface area contributed by atoms with E-state index in [1.807, 2.05) is 24.3 Å². The molecule has 0 spiro atoms. The van der Waals surface area contributed by atoms with Gasteiger partial charge in [-0.2, -0.15) is 13.2 Å². The standard InChI is InChI=1S/C22H22F3N5O/c23-22(24,25)19-11-20(29-21(28-19)15-5-8-26-9-6-15)27-12-16-3-1-2-4-17(16)13-30-10-7-18(31)14-30/h1-6,8-9,11,18,31H,7,10,12-14H2,(H,27,28,29). The molecule has 0 aliphatic carbocycles. The Morgan fingerprint density at radius 1 is 1.06 bits per heavy atom. The number of hydrogen-bond acceptors (Lipinski definition) is 6. The molecule has 1 aliphatic rings. The van der Waals surface area contributed by atoms with E-state index >= 15 is 0 Å². The van der Waals surface area contributed by atoms with Gasteiger partial charge < -0.3 is 10.4 Å². The van der Waals surface area contributed by atoms with Crippen molar-refractivity contribution in [2.45, 2.75) is 31.8 Å². The average Bonchev–Trinajstić information content (AvgIpc) is 3.17. The molecule has 2 aromatic heterocycles. The Morgan fingerprint density at radius 3 is 2.48 bits per heavy atom. The second kappa shape index (κ2) is 8.99. The van der Waals surface area contributed by atoms with Crippen molar-refractivity contribution in [2.24, 2.45) is 0 Å². The van der Waals surface area contributed by atoms with Crippen molar-refractivity contribution in [3.63, 3.8) is 0 Å². The minimum atomic E-state index is -4.59. The van der Waals surface area contributed by atoms with Crippen LogP contribution in [-0.4, -0.2) is 44.2 Å². The highest BCUT2D eigenvalue weighted by atomic mass is 19.4. The van der Waals surface area contributed by atoms with Crippen LogP contribution >= 0.6 is 0 Å². The molecule has 0 amide bonds. The number of halogens is 3. The van der Waals surface area contributed by atoms with Crippen LogP contribution in [0.2, 0.25) is 0 Å². The number of anilines is 1. The second-order valence-electron chi connectivity index (χ2n) is 7.50. The van der Waals surface area contributed by atoms with Gasteiger partial charge in [0, 0.05) is 50.2 Å². The SMILES string of the molecule is OC1CCN(Cc2ccccc2CNc2cc(C(F)(F)F)nc(-c3ccncc3)n2)C1. The van der Waals surface area contributed by atoms with Crippen LogP contribution in [0.4, 0.5) is 19.0 Å². The molecule has 0 radical (unpaired) electrons. The number of β-amino-alcohol motifs (C(OH)–C–C–N with tert-alkyl or cyclic N) is 1. The molecule has 4 rings (SSSR count). The van der Waals surface area contributed by atoms with Crippen LogP contribution < -0.4 is 5.32 Å². The number of benzene rings is 1. The minimum absolute atomic E-state index is 0.0148. The third-order valence-electron chi connectivity index (χ3n) is 5.17.